The molecule has 25 heavy (non-hydrogen) atoms. The first-order chi connectivity index (χ1) is 12.0. The third kappa shape index (κ3) is 14.2. The normalized spacial score (nSPS) is 14.9. The third-order valence-electron chi connectivity index (χ3n) is 4.75. The first-order valence-corrected chi connectivity index (χ1v) is 10.3. The largest absolute Gasteiger partial charge is 0.394 e. The molecule has 1 amide bonds. The number of hydrogen-bond donors (Lipinski definition) is 4. The smallest absolute Gasteiger partial charge is 0.217 e. The van der Waals surface area contributed by atoms with Gasteiger partial charge in [0, 0.05) is 6.92 Å². The van der Waals surface area contributed by atoms with Gasteiger partial charge in [-0.05, 0) is 6.42 Å². The highest BCUT2D eigenvalue weighted by Crippen LogP contribution is 2.14. The second-order valence-corrected chi connectivity index (χ2v) is 7.23. The van der Waals surface area contributed by atoms with E-state index in [1.54, 1.807) is 0 Å². The maximum Gasteiger partial charge on any atom is 0.217 e. The molecule has 0 spiro atoms. The molecule has 0 rings (SSSR count). The van der Waals surface area contributed by atoms with Crippen molar-refractivity contribution < 1.29 is 20.1 Å². The van der Waals surface area contributed by atoms with E-state index in [-0.39, 0.29) is 12.5 Å². The molecule has 0 saturated carbocycles. The molecule has 0 fully saturated rings. The maximum atomic E-state index is 11.0. The summed E-state index contributed by atoms with van der Waals surface area (Å²) in [5.41, 5.74) is 0. The number of aliphatic hydroxyl groups is 3. The van der Waals surface area contributed by atoms with E-state index in [1.165, 1.54) is 64.7 Å². The Morgan fingerprint density at radius 3 is 1.68 bits per heavy atom. The summed E-state index contributed by atoms with van der Waals surface area (Å²) in [4.78, 5) is 11.0. The van der Waals surface area contributed by atoms with Crippen molar-refractivity contribution in [2.75, 3.05) is 6.61 Å². The number of carbonyl (C=O) groups is 1. The van der Waals surface area contributed by atoms with Crippen molar-refractivity contribution >= 4 is 5.91 Å². The molecule has 0 radical (unpaired) electrons. The number of aliphatic hydroxyl groups excluding tert-OH is 3. The van der Waals surface area contributed by atoms with Crippen molar-refractivity contribution in [2.45, 2.75) is 116 Å². The molecule has 0 heterocycles. The predicted octanol–water partition coefficient (Wildman–Crippen LogP) is 3.30. The van der Waals surface area contributed by atoms with Crippen LogP contribution in [-0.4, -0.2) is 46.1 Å². The fourth-order valence-corrected chi connectivity index (χ4v) is 3.13. The lowest BCUT2D eigenvalue weighted by molar-refractivity contribution is -0.122. The Kier molecular flexibility index (Phi) is 16.4. The monoisotopic (exact) mass is 359 g/mol. The summed E-state index contributed by atoms with van der Waals surface area (Å²) >= 11 is 0. The molecule has 150 valence electrons. The van der Waals surface area contributed by atoms with E-state index in [2.05, 4.69) is 12.2 Å². The molecule has 0 aromatic heterocycles. The summed E-state index contributed by atoms with van der Waals surface area (Å²) in [6.07, 6.45) is 13.5. The fraction of sp³-hybridized carbons (Fsp3) is 0.950. The number of amides is 1. The van der Waals surface area contributed by atoms with Crippen molar-refractivity contribution in [1.82, 2.24) is 5.32 Å². The molecule has 0 aliphatic heterocycles. The van der Waals surface area contributed by atoms with Crippen LogP contribution in [0.2, 0.25) is 0 Å². The van der Waals surface area contributed by atoms with Gasteiger partial charge in [0.25, 0.3) is 0 Å². The van der Waals surface area contributed by atoms with Crippen molar-refractivity contribution in [3.63, 3.8) is 0 Å². The molecular weight excluding hydrogens is 318 g/mol. The van der Waals surface area contributed by atoms with Crippen LogP contribution in [0.25, 0.3) is 0 Å². The first-order valence-electron chi connectivity index (χ1n) is 10.3. The van der Waals surface area contributed by atoms with Crippen LogP contribution in [0.3, 0.4) is 0 Å². The Balaban J connectivity index is 3.53. The molecule has 4 N–H and O–H groups in total. The molecule has 1 unspecified atom stereocenters. The van der Waals surface area contributed by atoms with Crippen molar-refractivity contribution in [3.05, 3.63) is 0 Å². The summed E-state index contributed by atoms with van der Waals surface area (Å²) in [7, 11) is 0. The SMILES string of the molecule is CCCCCCCCCCCCCCC(O)[C@H](O)[C@H](CO)NC(C)=O. The highest BCUT2D eigenvalue weighted by Gasteiger charge is 2.25. The Hall–Kier alpha value is -0.650. The topological polar surface area (TPSA) is 89.8 Å². The molecule has 5 heteroatoms. The van der Waals surface area contributed by atoms with Gasteiger partial charge in [-0.2, -0.15) is 0 Å². The van der Waals surface area contributed by atoms with E-state index in [1.807, 2.05) is 0 Å². The second kappa shape index (κ2) is 16.8. The molecule has 0 saturated heterocycles. The van der Waals surface area contributed by atoms with Gasteiger partial charge in [0.05, 0.1) is 18.8 Å². The Morgan fingerprint density at radius 2 is 1.28 bits per heavy atom. The van der Waals surface area contributed by atoms with Crippen molar-refractivity contribution in [1.29, 1.82) is 0 Å². The summed E-state index contributed by atoms with van der Waals surface area (Å²) < 4.78 is 0. The van der Waals surface area contributed by atoms with E-state index >= 15 is 0 Å². The predicted molar refractivity (Wildman–Crippen MR) is 102 cm³/mol. The van der Waals surface area contributed by atoms with Gasteiger partial charge in [-0.3, -0.25) is 4.79 Å². The van der Waals surface area contributed by atoms with Crippen LogP contribution in [0.1, 0.15) is 97.3 Å². The minimum absolute atomic E-state index is 0.323. The van der Waals surface area contributed by atoms with Crippen LogP contribution in [0.5, 0.6) is 0 Å². The van der Waals surface area contributed by atoms with E-state index in [4.69, 9.17) is 0 Å². The van der Waals surface area contributed by atoms with E-state index in [9.17, 15) is 20.1 Å². The molecule has 0 aliphatic rings. The lowest BCUT2D eigenvalue weighted by Gasteiger charge is -2.25. The quantitative estimate of drug-likeness (QED) is 0.300. The van der Waals surface area contributed by atoms with Gasteiger partial charge in [-0.1, -0.05) is 84.0 Å². The standard InChI is InChI=1S/C20H41NO4/c1-3-4-5-6-7-8-9-10-11-12-13-14-15-19(24)20(25)18(16-22)21-17(2)23/h18-20,22,24-25H,3-16H2,1-2H3,(H,21,23)/t18-,19?,20+/m0/s1. The lowest BCUT2D eigenvalue weighted by Crippen LogP contribution is -2.50. The lowest BCUT2D eigenvalue weighted by atomic mass is 9.99. The molecule has 3 atom stereocenters. The summed E-state index contributed by atoms with van der Waals surface area (Å²) in [6.45, 7) is 3.19. The number of nitrogens with one attached hydrogen (secondary N) is 1. The van der Waals surface area contributed by atoms with Gasteiger partial charge < -0.3 is 20.6 Å². The Bertz CT molecular complexity index is 312. The van der Waals surface area contributed by atoms with Gasteiger partial charge in [0.1, 0.15) is 6.10 Å². The van der Waals surface area contributed by atoms with E-state index in [0.29, 0.717) is 6.42 Å². The number of unbranched alkanes of at least 4 members (excludes halogenated alkanes) is 11. The summed E-state index contributed by atoms with van der Waals surface area (Å²) in [5.74, 6) is -0.323. The number of hydrogen-bond acceptors (Lipinski definition) is 4. The zero-order chi connectivity index (χ0) is 18.9. The molecule has 0 aliphatic carbocycles. The van der Waals surface area contributed by atoms with Gasteiger partial charge in [-0.25, -0.2) is 0 Å². The van der Waals surface area contributed by atoms with Crippen molar-refractivity contribution in [2.24, 2.45) is 0 Å². The fourth-order valence-electron chi connectivity index (χ4n) is 3.13. The van der Waals surface area contributed by atoms with Gasteiger partial charge in [0.15, 0.2) is 0 Å². The average molecular weight is 360 g/mol. The van der Waals surface area contributed by atoms with Crippen LogP contribution < -0.4 is 5.32 Å². The molecule has 0 aromatic rings. The number of carbonyl (C=O) groups excluding carboxylic acids is 1. The summed E-state index contributed by atoms with van der Waals surface area (Å²) in [5, 5.41) is 31.6. The van der Waals surface area contributed by atoms with Gasteiger partial charge >= 0.3 is 0 Å². The van der Waals surface area contributed by atoms with Gasteiger partial charge in [-0.15, -0.1) is 0 Å². The van der Waals surface area contributed by atoms with Crippen LogP contribution in [0.4, 0.5) is 0 Å². The van der Waals surface area contributed by atoms with Gasteiger partial charge in [0.2, 0.25) is 5.91 Å². The van der Waals surface area contributed by atoms with Crippen molar-refractivity contribution in [3.8, 4) is 0 Å². The van der Waals surface area contributed by atoms with Crippen LogP contribution in [-0.2, 0) is 4.79 Å². The highest BCUT2D eigenvalue weighted by atomic mass is 16.3. The van der Waals surface area contributed by atoms with Crippen LogP contribution in [0.15, 0.2) is 0 Å². The highest BCUT2D eigenvalue weighted by molar-refractivity contribution is 5.73. The molecule has 5 nitrogen and oxygen atoms in total. The minimum atomic E-state index is -1.12. The van der Waals surface area contributed by atoms with Crippen LogP contribution in [0, 0.1) is 0 Å². The molecule has 0 bridgehead atoms. The number of rotatable bonds is 17. The Morgan fingerprint density at radius 1 is 0.840 bits per heavy atom. The minimum Gasteiger partial charge on any atom is -0.394 e. The first kappa shape index (κ1) is 24.4. The van der Waals surface area contributed by atoms with Crippen LogP contribution >= 0.6 is 0 Å². The van der Waals surface area contributed by atoms with E-state index in [0.717, 1.165) is 19.3 Å². The maximum absolute atomic E-state index is 11.0. The summed E-state index contributed by atoms with van der Waals surface area (Å²) in [6, 6.07) is -0.801. The third-order valence-corrected chi connectivity index (χ3v) is 4.75. The molecule has 0 aromatic carbocycles. The average Bonchev–Trinajstić information content (AvgIpc) is 2.59. The second-order valence-electron chi connectivity index (χ2n) is 7.23. The van der Waals surface area contributed by atoms with E-state index < -0.39 is 18.2 Å². The zero-order valence-corrected chi connectivity index (χ0v) is 16.4. The Labute approximate surface area is 154 Å². The zero-order valence-electron chi connectivity index (χ0n) is 16.4. The molecular formula is C20H41NO4.